The zero-order valence-electron chi connectivity index (χ0n) is 13.9. The topological polar surface area (TPSA) is 56.2 Å². The fraction of sp³-hybridized carbons (Fsp3) is 0.500. The summed E-state index contributed by atoms with van der Waals surface area (Å²) < 4.78 is 20.5. The molecule has 1 unspecified atom stereocenters. The number of rotatable bonds is 3. The molecular formula is C16H21ClFN3O2. The highest BCUT2D eigenvalue weighted by atomic mass is 35.5. The number of fused-ring (bicyclic) bond motifs is 1. The second kappa shape index (κ2) is 6.35. The predicted molar refractivity (Wildman–Crippen MR) is 88.3 cm³/mol. The van der Waals surface area contributed by atoms with Gasteiger partial charge < -0.3 is 10.1 Å². The lowest BCUT2D eigenvalue weighted by atomic mass is 10.2. The minimum Gasteiger partial charge on any atom is -0.444 e. The number of carbonyl (C=O) groups is 1. The number of carbonyl (C=O) groups excluding carboxylic acids is 1. The monoisotopic (exact) mass is 341 g/mol. The standard InChI is InChI=1S/C16H21ClFN3O2/c1-9(19-15(22)23-16(3,4)5)8-21-14-7-12(17)13(18)6-11(14)10(2)20-21/h6-7,9H,8H2,1-5H3,(H,19,22). The Morgan fingerprint density at radius 2 is 2.13 bits per heavy atom. The van der Waals surface area contributed by atoms with Gasteiger partial charge in [0.15, 0.2) is 0 Å². The molecule has 2 aromatic rings. The zero-order chi connectivity index (χ0) is 17.4. The van der Waals surface area contributed by atoms with E-state index in [1.165, 1.54) is 6.07 Å². The van der Waals surface area contributed by atoms with Crippen LogP contribution in [0.2, 0.25) is 5.02 Å². The number of benzene rings is 1. The van der Waals surface area contributed by atoms with Crippen LogP contribution in [0.4, 0.5) is 9.18 Å². The van der Waals surface area contributed by atoms with Crippen LogP contribution in [0, 0.1) is 12.7 Å². The van der Waals surface area contributed by atoms with E-state index in [9.17, 15) is 9.18 Å². The van der Waals surface area contributed by atoms with Crippen molar-refractivity contribution in [1.82, 2.24) is 15.1 Å². The van der Waals surface area contributed by atoms with Gasteiger partial charge in [0.2, 0.25) is 0 Å². The van der Waals surface area contributed by atoms with Crippen LogP contribution in [-0.2, 0) is 11.3 Å². The van der Waals surface area contributed by atoms with E-state index in [0.717, 1.165) is 5.52 Å². The Labute approximate surface area is 139 Å². The van der Waals surface area contributed by atoms with Gasteiger partial charge >= 0.3 is 6.09 Å². The number of hydrogen-bond acceptors (Lipinski definition) is 3. The summed E-state index contributed by atoms with van der Waals surface area (Å²) >= 11 is 5.86. The Hall–Kier alpha value is -1.82. The van der Waals surface area contributed by atoms with Gasteiger partial charge in [-0.2, -0.15) is 5.10 Å². The summed E-state index contributed by atoms with van der Waals surface area (Å²) in [5, 5.41) is 7.90. The molecule has 7 heteroatoms. The number of aromatic nitrogens is 2. The number of aryl methyl sites for hydroxylation is 1. The Morgan fingerprint density at radius 3 is 2.74 bits per heavy atom. The van der Waals surface area contributed by atoms with Gasteiger partial charge in [0.25, 0.3) is 0 Å². The summed E-state index contributed by atoms with van der Waals surface area (Å²) in [5.74, 6) is -0.471. The number of hydrogen-bond donors (Lipinski definition) is 1. The third-order valence-electron chi connectivity index (χ3n) is 3.19. The maximum atomic E-state index is 13.6. The van der Waals surface area contributed by atoms with Gasteiger partial charge in [0.05, 0.1) is 22.8 Å². The number of amides is 1. The summed E-state index contributed by atoms with van der Waals surface area (Å²) in [6.07, 6.45) is -0.484. The minimum absolute atomic E-state index is 0.0476. The van der Waals surface area contributed by atoms with Crippen molar-refractivity contribution in [2.45, 2.75) is 52.8 Å². The number of nitrogens with one attached hydrogen (secondary N) is 1. The summed E-state index contributed by atoms with van der Waals surface area (Å²) in [6.45, 7) is 9.48. The SMILES string of the molecule is Cc1nn(CC(C)NC(=O)OC(C)(C)C)c2cc(Cl)c(F)cc12. The van der Waals surface area contributed by atoms with E-state index in [-0.39, 0.29) is 11.1 Å². The molecule has 1 N–H and O–H groups in total. The van der Waals surface area contributed by atoms with Crippen LogP contribution in [-0.4, -0.2) is 27.5 Å². The summed E-state index contributed by atoms with van der Waals surface area (Å²) in [4.78, 5) is 11.8. The molecule has 1 atom stereocenters. The van der Waals surface area contributed by atoms with Crippen LogP contribution in [0.25, 0.3) is 10.9 Å². The summed E-state index contributed by atoms with van der Waals surface area (Å²) in [7, 11) is 0. The Kier molecular flexibility index (Phi) is 4.84. The van der Waals surface area contributed by atoms with E-state index in [0.29, 0.717) is 17.6 Å². The molecule has 0 radical (unpaired) electrons. The lowest BCUT2D eigenvalue weighted by Crippen LogP contribution is -2.39. The van der Waals surface area contributed by atoms with Crippen molar-refractivity contribution in [3.8, 4) is 0 Å². The second-order valence-corrected chi connectivity index (χ2v) is 7.01. The average Bonchev–Trinajstić information content (AvgIpc) is 2.64. The molecule has 0 aliphatic rings. The first-order valence-electron chi connectivity index (χ1n) is 7.38. The van der Waals surface area contributed by atoms with Crippen molar-refractivity contribution in [2.24, 2.45) is 0 Å². The molecule has 1 aromatic heterocycles. The second-order valence-electron chi connectivity index (χ2n) is 6.60. The number of alkyl carbamates (subject to hydrolysis) is 1. The van der Waals surface area contributed by atoms with Gasteiger partial charge in [0.1, 0.15) is 11.4 Å². The molecule has 23 heavy (non-hydrogen) atoms. The molecule has 0 saturated heterocycles. The van der Waals surface area contributed by atoms with Gasteiger partial charge in [-0.25, -0.2) is 9.18 Å². The lowest BCUT2D eigenvalue weighted by Gasteiger charge is -2.22. The van der Waals surface area contributed by atoms with Gasteiger partial charge in [-0.3, -0.25) is 4.68 Å². The molecule has 126 valence electrons. The molecule has 2 rings (SSSR count). The van der Waals surface area contributed by atoms with Crippen LogP contribution in [0.3, 0.4) is 0 Å². The van der Waals surface area contributed by atoms with E-state index in [1.807, 2.05) is 6.92 Å². The van der Waals surface area contributed by atoms with E-state index < -0.39 is 17.5 Å². The van der Waals surface area contributed by atoms with E-state index in [4.69, 9.17) is 16.3 Å². The lowest BCUT2D eigenvalue weighted by molar-refractivity contribution is 0.0504. The van der Waals surface area contributed by atoms with Crippen LogP contribution >= 0.6 is 11.6 Å². The molecule has 0 saturated carbocycles. The highest BCUT2D eigenvalue weighted by Crippen LogP contribution is 2.25. The van der Waals surface area contributed by atoms with Gasteiger partial charge in [-0.1, -0.05) is 11.6 Å². The van der Waals surface area contributed by atoms with E-state index >= 15 is 0 Å². The highest BCUT2D eigenvalue weighted by molar-refractivity contribution is 6.31. The molecule has 0 aliphatic heterocycles. The molecular weight excluding hydrogens is 321 g/mol. The van der Waals surface area contributed by atoms with Crippen LogP contribution < -0.4 is 5.32 Å². The van der Waals surface area contributed by atoms with Crippen LogP contribution in [0.1, 0.15) is 33.4 Å². The van der Waals surface area contributed by atoms with Crippen molar-refractivity contribution in [2.75, 3.05) is 0 Å². The Balaban J connectivity index is 2.15. The number of ether oxygens (including phenoxy) is 1. The molecule has 0 aliphatic carbocycles. The summed E-state index contributed by atoms with van der Waals surface area (Å²) in [5.41, 5.74) is 0.885. The fourth-order valence-electron chi connectivity index (χ4n) is 2.28. The van der Waals surface area contributed by atoms with Crippen molar-refractivity contribution < 1.29 is 13.9 Å². The smallest absolute Gasteiger partial charge is 0.407 e. The van der Waals surface area contributed by atoms with Crippen LogP contribution in [0.5, 0.6) is 0 Å². The van der Waals surface area contributed by atoms with Gasteiger partial charge in [-0.15, -0.1) is 0 Å². The van der Waals surface area contributed by atoms with E-state index in [2.05, 4.69) is 10.4 Å². The molecule has 0 bridgehead atoms. The van der Waals surface area contributed by atoms with Crippen molar-refractivity contribution in [3.63, 3.8) is 0 Å². The summed E-state index contributed by atoms with van der Waals surface area (Å²) in [6, 6.07) is 2.71. The maximum Gasteiger partial charge on any atom is 0.407 e. The van der Waals surface area contributed by atoms with Gasteiger partial charge in [0, 0.05) is 11.4 Å². The first-order valence-corrected chi connectivity index (χ1v) is 7.76. The number of halogens is 2. The average molecular weight is 342 g/mol. The molecule has 1 aromatic carbocycles. The van der Waals surface area contributed by atoms with Crippen molar-refractivity contribution >= 4 is 28.6 Å². The molecule has 0 fully saturated rings. The predicted octanol–water partition coefficient (Wildman–Crippen LogP) is 4.05. The Morgan fingerprint density at radius 1 is 1.48 bits per heavy atom. The van der Waals surface area contributed by atoms with Crippen molar-refractivity contribution in [3.05, 3.63) is 28.7 Å². The fourth-order valence-corrected chi connectivity index (χ4v) is 2.44. The normalized spacial score (nSPS) is 13.2. The quantitative estimate of drug-likeness (QED) is 0.916. The maximum absolute atomic E-state index is 13.6. The van der Waals surface area contributed by atoms with Gasteiger partial charge in [-0.05, 0) is 46.8 Å². The number of nitrogens with zero attached hydrogens (tertiary/aromatic N) is 2. The Bertz CT molecular complexity index is 737. The van der Waals surface area contributed by atoms with Crippen LogP contribution in [0.15, 0.2) is 12.1 Å². The first-order chi connectivity index (χ1) is 10.6. The molecule has 1 heterocycles. The third kappa shape index (κ3) is 4.34. The van der Waals surface area contributed by atoms with Crippen molar-refractivity contribution in [1.29, 1.82) is 0 Å². The zero-order valence-corrected chi connectivity index (χ0v) is 14.7. The van der Waals surface area contributed by atoms with E-state index in [1.54, 1.807) is 38.4 Å². The molecule has 5 nitrogen and oxygen atoms in total. The third-order valence-corrected chi connectivity index (χ3v) is 3.48. The highest BCUT2D eigenvalue weighted by Gasteiger charge is 2.19. The molecule has 1 amide bonds. The minimum atomic E-state index is -0.552. The molecule has 0 spiro atoms. The largest absolute Gasteiger partial charge is 0.444 e. The first kappa shape index (κ1) is 17.5.